The molecule has 0 aliphatic heterocycles. The van der Waals surface area contributed by atoms with Gasteiger partial charge in [0.05, 0.1) is 0 Å². The third kappa shape index (κ3) is 2.86. The highest BCUT2D eigenvalue weighted by atomic mass is 16.5. The zero-order valence-electron chi connectivity index (χ0n) is 8.10. The van der Waals surface area contributed by atoms with Crippen molar-refractivity contribution in [3.05, 3.63) is 48.4 Å². The van der Waals surface area contributed by atoms with Crippen LogP contribution in [0.15, 0.2) is 48.4 Å². The van der Waals surface area contributed by atoms with Crippen LogP contribution in [0, 0.1) is 0 Å². The molecule has 0 saturated carbocycles. The summed E-state index contributed by atoms with van der Waals surface area (Å²) in [6.45, 7) is 1.90. The molecule has 1 aromatic carbocycles. The average molecular weight is 190 g/mol. The second-order valence-corrected chi connectivity index (χ2v) is 2.74. The second kappa shape index (κ2) is 4.97. The lowest BCUT2D eigenvalue weighted by molar-refractivity contribution is 0.443. The maximum Gasteiger partial charge on any atom is 0.142 e. The van der Waals surface area contributed by atoms with E-state index in [4.69, 9.17) is 16.2 Å². The summed E-state index contributed by atoms with van der Waals surface area (Å²) in [5, 5.41) is 0. The van der Waals surface area contributed by atoms with Gasteiger partial charge in [-0.3, -0.25) is 0 Å². The van der Waals surface area contributed by atoms with Gasteiger partial charge in [0.2, 0.25) is 0 Å². The Labute approximate surface area is 83.7 Å². The number of allylic oxidation sites excluding steroid dienone is 2. The van der Waals surface area contributed by atoms with Crippen LogP contribution >= 0.6 is 0 Å². The molecular formula is C11H14N2O. The Morgan fingerprint density at radius 2 is 1.93 bits per heavy atom. The van der Waals surface area contributed by atoms with E-state index in [-0.39, 0.29) is 0 Å². The van der Waals surface area contributed by atoms with Crippen LogP contribution in [0.25, 0.3) is 0 Å². The third-order valence-corrected chi connectivity index (χ3v) is 1.61. The molecule has 1 rings (SSSR count). The van der Waals surface area contributed by atoms with Crippen molar-refractivity contribution in [1.29, 1.82) is 0 Å². The Kier molecular flexibility index (Phi) is 3.61. The Morgan fingerprint density at radius 3 is 2.43 bits per heavy atom. The zero-order valence-corrected chi connectivity index (χ0v) is 8.10. The van der Waals surface area contributed by atoms with Crippen LogP contribution < -0.4 is 16.2 Å². The minimum absolute atomic E-state index is 0.609. The first-order valence-electron chi connectivity index (χ1n) is 4.34. The van der Waals surface area contributed by atoms with Gasteiger partial charge in [-0.05, 0) is 37.3 Å². The van der Waals surface area contributed by atoms with Crippen LogP contribution in [0.3, 0.4) is 0 Å². The summed E-state index contributed by atoms with van der Waals surface area (Å²) in [6, 6.07) is 7.14. The van der Waals surface area contributed by atoms with Gasteiger partial charge < -0.3 is 16.2 Å². The largest absolute Gasteiger partial charge is 0.456 e. The van der Waals surface area contributed by atoms with Crippen molar-refractivity contribution in [2.45, 2.75) is 6.92 Å². The first-order valence-corrected chi connectivity index (χ1v) is 4.34. The lowest BCUT2D eigenvalue weighted by atomic mass is 10.3. The lowest BCUT2D eigenvalue weighted by Gasteiger charge is -2.05. The Hall–Kier alpha value is -1.90. The van der Waals surface area contributed by atoms with E-state index >= 15 is 0 Å². The van der Waals surface area contributed by atoms with Crippen LogP contribution in [0.2, 0.25) is 0 Å². The van der Waals surface area contributed by atoms with Crippen LogP contribution in [0.4, 0.5) is 5.69 Å². The molecule has 0 radical (unpaired) electrons. The van der Waals surface area contributed by atoms with Crippen molar-refractivity contribution in [2.24, 2.45) is 5.73 Å². The van der Waals surface area contributed by atoms with Gasteiger partial charge in [-0.15, -0.1) is 0 Å². The Bertz CT molecular complexity index is 339. The normalized spacial score (nSPS) is 11.9. The molecule has 0 heterocycles. The van der Waals surface area contributed by atoms with Crippen molar-refractivity contribution in [3.63, 3.8) is 0 Å². The summed E-state index contributed by atoms with van der Waals surface area (Å²) < 4.78 is 5.45. The highest BCUT2D eigenvalue weighted by Crippen LogP contribution is 2.16. The molecule has 0 amide bonds. The van der Waals surface area contributed by atoms with E-state index in [2.05, 4.69) is 0 Å². The maximum absolute atomic E-state index is 5.54. The SMILES string of the molecule is C/C=C\C(=C/N)Oc1ccc(N)cc1. The smallest absolute Gasteiger partial charge is 0.142 e. The first-order chi connectivity index (χ1) is 6.76. The Morgan fingerprint density at radius 1 is 1.29 bits per heavy atom. The first kappa shape index (κ1) is 10.2. The van der Waals surface area contributed by atoms with Gasteiger partial charge in [-0.25, -0.2) is 0 Å². The van der Waals surface area contributed by atoms with Crippen molar-refractivity contribution in [3.8, 4) is 5.75 Å². The molecule has 0 aliphatic rings. The van der Waals surface area contributed by atoms with E-state index in [1.54, 1.807) is 30.3 Å². The van der Waals surface area contributed by atoms with E-state index in [0.717, 1.165) is 0 Å². The number of rotatable bonds is 3. The van der Waals surface area contributed by atoms with Crippen LogP contribution in [0.5, 0.6) is 5.75 Å². The topological polar surface area (TPSA) is 61.3 Å². The highest BCUT2D eigenvalue weighted by Gasteiger charge is 1.95. The van der Waals surface area contributed by atoms with Crippen LogP contribution in [0.1, 0.15) is 6.92 Å². The minimum atomic E-state index is 0.609. The fourth-order valence-electron chi connectivity index (χ4n) is 0.960. The quantitative estimate of drug-likeness (QED) is 0.435. The van der Waals surface area contributed by atoms with Crippen LogP contribution in [-0.4, -0.2) is 0 Å². The summed E-state index contributed by atoms with van der Waals surface area (Å²) in [6.07, 6.45) is 5.06. The summed E-state index contributed by atoms with van der Waals surface area (Å²) in [5.41, 5.74) is 11.6. The minimum Gasteiger partial charge on any atom is -0.456 e. The van der Waals surface area contributed by atoms with Gasteiger partial charge >= 0.3 is 0 Å². The van der Waals surface area contributed by atoms with Crippen molar-refractivity contribution in [2.75, 3.05) is 5.73 Å². The fourth-order valence-corrected chi connectivity index (χ4v) is 0.960. The van der Waals surface area contributed by atoms with E-state index in [1.165, 1.54) is 6.20 Å². The number of benzene rings is 1. The molecule has 0 fully saturated rings. The maximum atomic E-state index is 5.54. The summed E-state index contributed by atoms with van der Waals surface area (Å²) in [5.74, 6) is 1.33. The van der Waals surface area contributed by atoms with E-state index in [0.29, 0.717) is 17.2 Å². The molecular weight excluding hydrogens is 176 g/mol. The Balaban J connectivity index is 2.73. The summed E-state index contributed by atoms with van der Waals surface area (Å²) in [7, 11) is 0. The van der Waals surface area contributed by atoms with Gasteiger partial charge in [0.25, 0.3) is 0 Å². The number of nitrogen functional groups attached to an aromatic ring is 1. The van der Waals surface area contributed by atoms with Gasteiger partial charge in [-0.1, -0.05) is 6.08 Å². The molecule has 1 aromatic rings. The number of anilines is 1. The zero-order chi connectivity index (χ0) is 10.4. The summed E-state index contributed by atoms with van der Waals surface area (Å²) in [4.78, 5) is 0. The summed E-state index contributed by atoms with van der Waals surface area (Å²) >= 11 is 0. The average Bonchev–Trinajstić information content (AvgIpc) is 2.20. The molecule has 0 bridgehead atoms. The van der Waals surface area contributed by atoms with Gasteiger partial charge in [0.1, 0.15) is 11.5 Å². The predicted molar refractivity (Wildman–Crippen MR) is 58.6 cm³/mol. The number of hydrogen-bond donors (Lipinski definition) is 2. The van der Waals surface area contributed by atoms with E-state index in [9.17, 15) is 0 Å². The predicted octanol–water partition coefficient (Wildman–Crippen LogP) is 2.02. The molecule has 0 unspecified atom stereocenters. The second-order valence-electron chi connectivity index (χ2n) is 2.74. The molecule has 74 valence electrons. The van der Waals surface area contributed by atoms with Crippen molar-refractivity contribution in [1.82, 2.24) is 0 Å². The van der Waals surface area contributed by atoms with E-state index in [1.807, 2.05) is 13.0 Å². The fraction of sp³-hybridized carbons (Fsp3) is 0.0909. The molecule has 0 spiro atoms. The van der Waals surface area contributed by atoms with Crippen LogP contribution in [-0.2, 0) is 0 Å². The van der Waals surface area contributed by atoms with Gasteiger partial charge in [0.15, 0.2) is 0 Å². The molecule has 0 aliphatic carbocycles. The van der Waals surface area contributed by atoms with Crippen molar-refractivity contribution >= 4 is 5.69 Å². The van der Waals surface area contributed by atoms with Crippen molar-refractivity contribution < 1.29 is 4.74 Å². The number of hydrogen-bond acceptors (Lipinski definition) is 3. The molecule has 0 atom stereocenters. The molecule has 0 aromatic heterocycles. The molecule has 14 heavy (non-hydrogen) atoms. The van der Waals surface area contributed by atoms with E-state index < -0.39 is 0 Å². The molecule has 3 heteroatoms. The van der Waals surface area contributed by atoms with Gasteiger partial charge in [0, 0.05) is 11.9 Å². The highest BCUT2D eigenvalue weighted by molar-refractivity contribution is 5.42. The molecule has 0 saturated heterocycles. The monoisotopic (exact) mass is 190 g/mol. The lowest BCUT2D eigenvalue weighted by Crippen LogP contribution is -1.96. The number of ether oxygens (including phenoxy) is 1. The molecule has 4 N–H and O–H groups in total. The number of nitrogens with two attached hydrogens (primary N) is 2. The standard InChI is InChI=1S/C11H14N2O/c1-2-3-11(8-12)14-10-6-4-9(13)5-7-10/h2-8H,12-13H2,1H3/b3-2-,11-8+. The molecule has 3 nitrogen and oxygen atoms in total. The van der Waals surface area contributed by atoms with Gasteiger partial charge in [-0.2, -0.15) is 0 Å². The third-order valence-electron chi connectivity index (χ3n) is 1.61.